The number of aromatic nitrogens is 1. The Morgan fingerprint density at radius 3 is 2.53 bits per heavy atom. The first-order valence-corrected chi connectivity index (χ1v) is 10.8. The van der Waals surface area contributed by atoms with Crippen LogP contribution in [0.5, 0.6) is 11.5 Å². The van der Waals surface area contributed by atoms with Gasteiger partial charge in [-0.2, -0.15) is 0 Å². The molecule has 0 spiro atoms. The van der Waals surface area contributed by atoms with Crippen molar-refractivity contribution in [1.29, 1.82) is 10.8 Å². The van der Waals surface area contributed by atoms with E-state index in [2.05, 4.69) is 4.98 Å². The maximum absolute atomic E-state index is 8.27. The normalized spacial score (nSPS) is 11.2. The van der Waals surface area contributed by atoms with Crippen molar-refractivity contribution < 1.29 is 14.2 Å². The quantitative estimate of drug-likeness (QED) is 0.172. The van der Waals surface area contributed by atoms with Gasteiger partial charge in [-0.15, -0.1) is 0 Å². The second-order valence-corrected chi connectivity index (χ2v) is 7.76. The van der Waals surface area contributed by atoms with E-state index in [0.717, 1.165) is 28.6 Å². The highest BCUT2D eigenvalue weighted by molar-refractivity contribution is 6.30. The van der Waals surface area contributed by atoms with Crippen LogP contribution in [0.25, 0.3) is 22.6 Å². The van der Waals surface area contributed by atoms with Crippen molar-refractivity contribution in [2.24, 2.45) is 0 Å². The lowest BCUT2D eigenvalue weighted by atomic mass is 10.0. The number of nitrogens with one attached hydrogen (secondary N) is 2. The molecule has 0 fully saturated rings. The fourth-order valence-electron chi connectivity index (χ4n) is 3.42. The number of methoxy groups -OCH3 is 1. The monoisotopic (exact) mass is 471 g/mol. The third-order valence-electron chi connectivity index (χ3n) is 5.11. The number of benzene rings is 3. The Kier molecular flexibility index (Phi) is 7.20. The molecule has 0 aliphatic carbocycles. The molecule has 0 aliphatic rings. The molecule has 0 radical (unpaired) electrons. The van der Waals surface area contributed by atoms with Crippen LogP contribution in [0, 0.1) is 10.8 Å². The number of ether oxygens (including phenoxy) is 3. The number of hydrogen-bond acceptors (Lipinski definition) is 6. The lowest BCUT2D eigenvalue weighted by molar-refractivity contribution is 0.281. The Labute approximate surface area is 202 Å². The van der Waals surface area contributed by atoms with E-state index in [0.29, 0.717) is 27.7 Å². The predicted molar refractivity (Wildman–Crippen MR) is 136 cm³/mol. The van der Waals surface area contributed by atoms with Crippen LogP contribution in [0.15, 0.2) is 78.9 Å². The summed E-state index contributed by atoms with van der Waals surface area (Å²) < 4.78 is 16.6. The first-order chi connectivity index (χ1) is 16.6. The average molecular weight is 472 g/mol. The van der Waals surface area contributed by atoms with Crippen molar-refractivity contribution >= 4 is 46.5 Å². The summed E-state index contributed by atoms with van der Waals surface area (Å²) in [5.74, 6) is 0.885. The largest absolute Gasteiger partial charge is 0.493 e. The first-order valence-electron chi connectivity index (χ1n) is 10.4. The zero-order valence-electron chi connectivity index (χ0n) is 18.4. The van der Waals surface area contributed by atoms with E-state index in [1.807, 2.05) is 54.6 Å². The van der Waals surface area contributed by atoms with Crippen LogP contribution < -0.4 is 9.47 Å². The fraction of sp³-hybridized carbons (Fsp3) is 0.0741. The van der Waals surface area contributed by atoms with Crippen LogP contribution in [0.4, 0.5) is 0 Å². The average Bonchev–Trinajstić information content (AvgIpc) is 2.87. The van der Waals surface area contributed by atoms with E-state index in [1.54, 1.807) is 37.5 Å². The van der Waals surface area contributed by atoms with E-state index in [-0.39, 0.29) is 12.5 Å². The summed E-state index contributed by atoms with van der Waals surface area (Å²) in [4.78, 5) is 4.64. The maximum Gasteiger partial charge on any atom is 0.221 e. The van der Waals surface area contributed by atoms with Gasteiger partial charge >= 0.3 is 0 Å². The lowest BCUT2D eigenvalue weighted by Gasteiger charge is -2.14. The molecule has 1 heterocycles. The Morgan fingerprint density at radius 1 is 0.971 bits per heavy atom. The Balaban J connectivity index is 1.61. The highest BCUT2D eigenvalue weighted by Gasteiger charge is 2.14. The van der Waals surface area contributed by atoms with Crippen molar-refractivity contribution in [2.45, 2.75) is 6.61 Å². The number of para-hydroxylation sites is 1. The first kappa shape index (κ1) is 23.0. The molecule has 170 valence electrons. The molecule has 0 atom stereocenters. The second-order valence-electron chi connectivity index (χ2n) is 7.32. The molecule has 7 heteroatoms. The van der Waals surface area contributed by atoms with Gasteiger partial charge in [-0.25, -0.2) is 4.98 Å². The van der Waals surface area contributed by atoms with Crippen LogP contribution in [0.2, 0.25) is 5.02 Å². The minimum Gasteiger partial charge on any atom is -0.493 e. The second kappa shape index (κ2) is 10.6. The van der Waals surface area contributed by atoms with Crippen LogP contribution >= 0.6 is 11.6 Å². The lowest BCUT2D eigenvalue weighted by Crippen LogP contribution is -2.06. The third kappa shape index (κ3) is 5.42. The number of nitrogens with zero attached hydrogens (tertiary/aromatic N) is 1. The van der Waals surface area contributed by atoms with E-state index in [9.17, 15) is 0 Å². The fourth-order valence-corrected chi connectivity index (χ4v) is 3.55. The van der Waals surface area contributed by atoms with Gasteiger partial charge in [0.1, 0.15) is 6.61 Å². The molecule has 34 heavy (non-hydrogen) atoms. The number of halogens is 1. The Hall–Kier alpha value is -4.16. The van der Waals surface area contributed by atoms with E-state index in [4.69, 9.17) is 36.6 Å². The van der Waals surface area contributed by atoms with Gasteiger partial charge in [0.25, 0.3) is 0 Å². The minimum atomic E-state index is -0.166. The van der Waals surface area contributed by atoms with Gasteiger partial charge in [0, 0.05) is 16.0 Å². The molecule has 1 aromatic heterocycles. The smallest absolute Gasteiger partial charge is 0.221 e. The minimum absolute atomic E-state index is 0.166. The van der Waals surface area contributed by atoms with Crippen LogP contribution in [-0.4, -0.2) is 24.4 Å². The van der Waals surface area contributed by atoms with Crippen molar-refractivity contribution in [3.63, 3.8) is 0 Å². The van der Waals surface area contributed by atoms with Gasteiger partial charge in [-0.05, 0) is 53.6 Å². The van der Waals surface area contributed by atoms with Crippen LogP contribution in [-0.2, 0) is 11.3 Å². The molecule has 4 aromatic rings. The van der Waals surface area contributed by atoms with Crippen molar-refractivity contribution in [2.75, 3.05) is 7.11 Å². The summed E-state index contributed by atoms with van der Waals surface area (Å²) in [6.07, 6.45) is 2.51. The summed E-state index contributed by atoms with van der Waals surface area (Å²) >= 11 is 5.98. The molecular formula is C27H22ClN3O3. The molecule has 0 unspecified atom stereocenters. The van der Waals surface area contributed by atoms with Crippen molar-refractivity contribution in [3.8, 4) is 11.5 Å². The molecule has 2 N–H and O–H groups in total. The Morgan fingerprint density at radius 2 is 1.76 bits per heavy atom. The topological polar surface area (TPSA) is 88.3 Å². The zero-order chi connectivity index (χ0) is 23.9. The molecule has 4 rings (SSSR count). The highest BCUT2D eigenvalue weighted by atomic mass is 35.5. The van der Waals surface area contributed by atoms with E-state index >= 15 is 0 Å². The molecule has 3 aromatic carbocycles. The van der Waals surface area contributed by atoms with Crippen LogP contribution in [0.1, 0.15) is 16.8 Å². The summed E-state index contributed by atoms with van der Waals surface area (Å²) in [6, 6.07) is 24.5. The maximum atomic E-state index is 8.27. The van der Waals surface area contributed by atoms with Crippen molar-refractivity contribution in [1.82, 2.24) is 4.98 Å². The van der Waals surface area contributed by atoms with Gasteiger partial charge in [0.05, 0.1) is 18.3 Å². The number of fused-ring (bicyclic) bond motifs is 1. The summed E-state index contributed by atoms with van der Waals surface area (Å²) in [5, 5.41) is 17.2. The molecule has 0 amide bonds. The van der Waals surface area contributed by atoms with Gasteiger partial charge in [0.2, 0.25) is 5.90 Å². The molecule has 0 aliphatic heterocycles. The third-order valence-corrected chi connectivity index (χ3v) is 5.36. The standard InChI is InChI=1S/C27H22ClN3O3/c1-32-26-15-20(23(27(30)34-17-29)14-18-6-10-21(28)11-7-18)9-13-25(26)33-16-22-12-8-19-4-2-3-5-24(19)31-22/h2-15,17,29-30H,16H2,1H3/b23-14+,29-17?,30-27?. The summed E-state index contributed by atoms with van der Waals surface area (Å²) in [6.45, 7) is 0.279. The summed E-state index contributed by atoms with van der Waals surface area (Å²) in [7, 11) is 1.56. The van der Waals surface area contributed by atoms with Crippen molar-refractivity contribution in [3.05, 3.63) is 101 Å². The molecule has 0 saturated carbocycles. The molecular weight excluding hydrogens is 450 g/mol. The Bertz CT molecular complexity index is 1370. The highest BCUT2D eigenvalue weighted by Crippen LogP contribution is 2.32. The van der Waals surface area contributed by atoms with E-state index in [1.165, 1.54) is 0 Å². The summed E-state index contributed by atoms with van der Waals surface area (Å²) in [5.41, 5.74) is 3.70. The predicted octanol–water partition coefficient (Wildman–Crippen LogP) is 6.62. The number of rotatable bonds is 8. The van der Waals surface area contributed by atoms with Gasteiger partial charge < -0.3 is 14.2 Å². The van der Waals surface area contributed by atoms with Gasteiger partial charge in [-0.3, -0.25) is 10.8 Å². The van der Waals surface area contributed by atoms with Gasteiger partial charge in [-0.1, -0.05) is 54.1 Å². The molecule has 0 saturated heterocycles. The number of pyridine rings is 1. The molecule has 6 nitrogen and oxygen atoms in total. The van der Waals surface area contributed by atoms with Gasteiger partial charge in [0.15, 0.2) is 17.9 Å². The number of hydrogen-bond donors (Lipinski definition) is 2. The van der Waals surface area contributed by atoms with E-state index < -0.39 is 0 Å². The molecule has 0 bridgehead atoms. The van der Waals surface area contributed by atoms with Crippen LogP contribution in [0.3, 0.4) is 0 Å². The SMILES string of the molecule is COc1cc(/C(=C\c2ccc(Cl)cc2)C(=N)OC=N)ccc1OCc1ccc2ccccc2n1. The zero-order valence-corrected chi connectivity index (χ0v) is 19.2.